The Kier molecular flexibility index (Phi) is 4.20. The van der Waals surface area contributed by atoms with E-state index < -0.39 is 0 Å². The van der Waals surface area contributed by atoms with Gasteiger partial charge < -0.3 is 5.73 Å². The molecule has 0 bridgehead atoms. The number of nitrogen functional groups attached to an aromatic ring is 1. The lowest BCUT2D eigenvalue weighted by molar-refractivity contribution is 1.31. The Hall–Kier alpha value is -2.54. The number of benzene rings is 2. The van der Waals surface area contributed by atoms with Gasteiger partial charge in [0.05, 0.1) is 10.0 Å². The summed E-state index contributed by atoms with van der Waals surface area (Å²) in [6, 6.07) is 17.1. The van der Waals surface area contributed by atoms with E-state index in [2.05, 4.69) is 11.1 Å². The second-order valence-electron chi connectivity index (χ2n) is 4.89. The Morgan fingerprint density at radius 2 is 1.70 bits per heavy atom. The molecule has 5 heteroatoms. The Bertz CT molecular complexity index is 916. The standard InChI is InChI=1S/C18H11Cl2N3/c19-15-8-4-7-12(17(15)20)16-13(9-21)18(22)23-10-14(16)11-5-2-1-3-6-11/h1-8,10H,(H2,22,23). The topological polar surface area (TPSA) is 62.7 Å². The zero-order valence-corrected chi connectivity index (χ0v) is 13.4. The summed E-state index contributed by atoms with van der Waals surface area (Å²) in [5.41, 5.74) is 9.17. The monoisotopic (exact) mass is 339 g/mol. The summed E-state index contributed by atoms with van der Waals surface area (Å²) in [5, 5.41) is 10.3. The van der Waals surface area contributed by atoms with Gasteiger partial charge in [0, 0.05) is 22.9 Å². The Morgan fingerprint density at radius 1 is 0.957 bits per heavy atom. The Morgan fingerprint density at radius 3 is 2.39 bits per heavy atom. The molecule has 0 unspecified atom stereocenters. The lowest BCUT2D eigenvalue weighted by atomic mass is 9.92. The van der Waals surface area contributed by atoms with Crippen LogP contribution in [0.5, 0.6) is 0 Å². The summed E-state index contributed by atoms with van der Waals surface area (Å²) in [4.78, 5) is 4.14. The van der Waals surface area contributed by atoms with Crippen molar-refractivity contribution in [2.45, 2.75) is 0 Å². The quantitative estimate of drug-likeness (QED) is 0.699. The number of hydrogen-bond acceptors (Lipinski definition) is 3. The average Bonchev–Trinajstić information content (AvgIpc) is 2.58. The zero-order chi connectivity index (χ0) is 16.4. The number of aromatic nitrogens is 1. The average molecular weight is 340 g/mol. The van der Waals surface area contributed by atoms with Crippen LogP contribution in [0.25, 0.3) is 22.3 Å². The van der Waals surface area contributed by atoms with Crippen LogP contribution in [-0.4, -0.2) is 4.98 Å². The molecule has 0 saturated carbocycles. The van der Waals surface area contributed by atoms with Gasteiger partial charge in [-0.1, -0.05) is 65.7 Å². The minimum atomic E-state index is 0.165. The molecule has 0 aliphatic carbocycles. The van der Waals surface area contributed by atoms with Gasteiger partial charge in [0.2, 0.25) is 0 Å². The van der Waals surface area contributed by atoms with E-state index in [-0.39, 0.29) is 11.4 Å². The fourth-order valence-corrected chi connectivity index (χ4v) is 2.85. The van der Waals surface area contributed by atoms with Crippen LogP contribution in [0, 0.1) is 11.3 Å². The maximum atomic E-state index is 9.55. The lowest BCUT2D eigenvalue weighted by Crippen LogP contribution is -2.00. The van der Waals surface area contributed by atoms with Gasteiger partial charge in [0.1, 0.15) is 17.5 Å². The van der Waals surface area contributed by atoms with Crippen molar-refractivity contribution in [3.63, 3.8) is 0 Å². The van der Waals surface area contributed by atoms with Gasteiger partial charge in [-0.3, -0.25) is 0 Å². The number of rotatable bonds is 2. The third kappa shape index (κ3) is 2.75. The maximum absolute atomic E-state index is 9.55. The van der Waals surface area contributed by atoms with Gasteiger partial charge >= 0.3 is 0 Å². The molecule has 3 nitrogen and oxygen atoms in total. The second kappa shape index (κ2) is 6.29. The van der Waals surface area contributed by atoms with Crippen LogP contribution < -0.4 is 5.73 Å². The number of halogens is 2. The normalized spacial score (nSPS) is 10.3. The van der Waals surface area contributed by atoms with E-state index in [0.29, 0.717) is 21.2 Å². The molecule has 0 aliphatic rings. The van der Waals surface area contributed by atoms with Crippen molar-refractivity contribution < 1.29 is 0 Å². The highest BCUT2D eigenvalue weighted by atomic mass is 35.5. The van der Waals surface area contributed by atoms with E-state index in [9.17, 15) is 5.26 Å². The minimum Gasteiger partial charge on any atom is -0.383 e. The van der Waals surface area contributed by atoms with Crippen molar-refractivity contribution in [1.29, 1.82) is 5.26 Å². The number of hydrogen-bond donors (Lipinski definition) is 1. The fourth-order valence-electron chi connectivity index (χ4n) is 2.45. The smallest absolute Gasteiger partial charge is 0.141 e. The Labute approximate surface area is 143 Å². The van der Waals surface area contributed by atoms with Gasteiger partial charge in [-0.2, -0.15) is 5.26 Å². The molecule has 0 saturated heterocycles. The van der Waals surface area contributed by atoms with Crippen LogP contribution in [0.4, 0.5) is 5.82 Å². The van der Waals surface area contributed by atoms with Gasteiger partial charge in [-0.15, -0.1) is 0 Å². The highest BCUT2D eigenvalue weighted by Gasteiger charge is 2.19. The van der Waals surface area contributed by atoms with Crippen molar-refractivity contribution in [1.82, 2.24) is 4.98 Å². The summed E-state index contributed by atoms with van der Waals surface area (Å²) in [6.45, 7) is 0. The predicted octanol–water partition coefficient (Wildman–Crippen LogP) is 5.18. The van der Waals surface area contributed by atoms with Gasteiger partial charge in [-0.25, -0.2) is 4.98 Å². The number of nitrogens with two attached hydrogens (primary N) is 1. The highest BCUT2D eigenvalue weighted by Crippen LogP contribution is 2.41. The molecule has 0 aliphatic heterocycles. The molecular weight excluding hydrogens is 329 g/mol. The second-order valence-corrected chi connectivity index (χ2v) is 5.67. The maximum Gasteiger partial charge on any atom is 0.141 e. The van der Waals surface area contributed by atoms with Crippen molar-refractivity contribution in [3.8, 4) is 28.3 Å². The highest BCUT2D eigenvalue weighted by molar-refractivity contribution is 6.43. The Balaban J connectivity index is 2.40. The van der Waals surface area contributed by atoms with Crippen LogP contribution in [0.15, 0.2) is 54.7 Å². The molecular formula is C18H11Cl2N3. The third-order valence-corrected chi connectivity index (χ3v) is 4.34. The lowest BCUT2D eigenvalue weighted by Gasteiger charge is -2.15. The van der Waals surface area contributed by atoms with Crippen LogP contribution in [0.2, 0.25) is 10.0 Å². The number of pyridine rings is 1. The van der Waals surface area contributed by atoms with Crippen LogP contribution in [0.1, 0.15) is 5.56 Å². The van der Waals surface area contributed by atoms with Crippen molar-refractivity contribution >= 4 is 29.0 Å². The third-order valence-electron chi connectivity index (χ3n) is 3.53. The first-order valence-electron chi connectivity index (χ1n) is 6.82. The molecule has 1 heterocycles. The molecule has 23 heavy (non-hydrogen) atoms. The van der Waals surface area contributed by atoms with E-state index in [1.54, 1.807) is 18.3 Å². The molecule has 1 aromatic heterocycles. The molecule has 0 fully saturated rings. The van der Waals surface area contributed by atoms with E-state index >= 15 is 0 Å². The molecule has 3 rings (SSSR count). The van der Waals surface area contributed by atoms with Crippen LogP contribution in [0.3, 0.4) is 0 Å². The van der Waals surface area contributed by atoms with E-state index in [0.717, 1.165) is 11.1 Å². The first-order valence-corrected chi connectivity index (χ1v) is 7.57. The van der Waals surface area contributed by atoms with Gasteiger partial charge in [-0.05, 0) is 11.6 Å². The van der Waals surface area contributed by atoms with Crippen LogP contribution in [-0.2, 0) is 0 Å². The number of nitrogens with zero attached hydrogens (tertiary/aromatic N) is 2. The summed E-state index contributed by atoms with van der Waals surface area (Å²) in [5.74, 6) is 0.165. The first kappa shape index (κ1) is 15.4. The molecule has 0 amide bonds. The molecule has 0 radical (unpaired) electrons. The van der Waals surface area contributed by atoms with Gasteiger partial charge in [0.25, 0.3) is 0 Å². The fraction of sp³-hybridized carbons (Fsp3) is 0. The molecule has 3 aromatic rings. The SMILES string of the molecule is N#Cc1c(N)ncc(-c2ccccc2)c1-c1cccc(Cl)c1Cl. The largest absolute Gasteiger partial charge is 0.383 e. The van der Waals surface area contributed by atoms with Crippen molar-refractivity contribution in [2.24, 2.45) is 0 Å². The summed E-state index contributed by atoms with van der Waals surface area (Å²) in [6.07, 6.45) is 1.65. The van der Waals surface area contributed by atoms with Gasteiger partial charge in [0.15, 0.2) is 0 Å². The van der Waals surface area contributed by atoms with Crippen molar-refractivity contribution in [2.75, 3.05) is 5.73 Å². The molecule has 0 atom stereocenters. The van der Waals surface area contributed by atoms with E-state index in [1.807, 2.05) is 36.4 Å². The molecule has 0 spiro atoms. The minimum absolute atomic E-state index is 0.165. The first-order chi connectivity index (χ1) is 11.1. The molecule has 2 N–H and O–H groups in total. The number of anilines is 1. The summed E-state index contributed by atoms with van der Waals surface area (Å²) < 4.78 is 0. The number of nitriles is 1. The molecule has 112 valence electrons. The van der Waals surface area contributed by atoms with E-state index in [4.69, 9.17) is 28.9 Å². The van der Waals surface area contributed by atoms with Crippen molar-refractivity contribution in [3.05, 3.63) is 70.3 Å². The summed E-state index contributed by atoms with van der Waals surface area (Å²) in [7, 11) is 0. The predicted molar refractivity (Wildman–Crippen MR) is 94.3 cm³/mol. The molecule has 2 aromatic carbocycles. The summed E-state index contributed by atoms with van der Waals surface area (Å²) >= 11 is 12.5. The zero-order valence-electron chi connectivity index (χ0n) is 11.9. The van der Waals surface area contributed by atoms with E-state index in [1.165, 1.54) is 0 Å². The van der Waals surface area contributed by atoms with Crippen LogP contribution >= 0.6 is 23.2 Å².